The quantitative estimate of drug-likeness (QED) is 0.435. The van der Waals surface area contributed by atoms with Crippen LogP contribution in [0, 0.1) is 0 Å². The van der Waals surface area contributed by atoms with Gasteiger partial charge in [-0.15, -0.1) is 0 Å². The molecule has 1 atom stereocenters. The van der Waals surface area contributed by atoms with Crippen molar-refractivity contribution in [1.82, 2.24) is 0 Å². The molecular formula is C3H12AlO3P. The van der Waals surface area contributed by atoms with Crippen LogP contribution in [0.15, 0.2) is 0 Å². The summed E-state index contributed by atoms with van der Waals surface area (Å²) in [6.07, 6.45) is -0.142. The van der Waals surface area contributed by atoms with E-state index in [4.69, 9.17) is 4.89 Å². The third kappa shape index (κ3) is 9.84. The molecule has 50 valence electrons. The van der Waals surface area contributed by atoms with Crippen LogP contribution in [0.5, 0.6) is 0 Å². The lowest BCUT2D eigenvalue weighted by molar-refractivity contribution is 0.222. The Kier molecular flexibility index (Phi) is 8.34. The molecule has 0 amide bonds. The standard InChI is InChI=1S/C3H9O3P.Al.3H/c1-3(2)6-7(4)5;;;;/h3,7H,1-2H3,(H,4,5);;;;. The zero-order chi connectivity index (χ0) is 5.86. The maximum Gasteiger partial charge on any atom is 0.316 e. The zero-order valence-electron chi connectivity index (χ0n) is 4.34. The highest BCUT2D eigenvalue weighted by atomic mass is 31.1. The van der Waals surface area contributed by atoms with Gasteiger partial charge in [-0.1, -0.05) is 0 Å². The molecule has 0 aliphatic heterocycles. The lowest BCUT2D eigenvalue weighted by atomic mass is 10.5. The first-order chi connectivity index (χ1) is 3.13. The Balaban J connectivity index is 0. The predicted molar refractivity (Wildman–Crippen MR) is 37.4 cm³/mol. The molecule has 0 aromatic rings. The minimum absolute atomic E-state index is 0. The van der Waals surface area contributed by atoms with E-state index in [9.17, 15) is 4.57 Å². The molecule has 0 heterocycles. The molecule has 0 aromatic heterocycles. The second kappa shape index (κ2) is 5.81. The summed E-state index contributed by atoms with van der Waals surface area (Å²) >= 11 is 0. The molecule has 5 heteroatoms. The molecule has 0 aliphatic rings. The van der Waals surface area contributed by atoms with Crippen LogP contribution in [0.2, 0.25) is 0 Å². The van der Waals surface area contributed by atoms with Gasteiger partial charge in [-0.2, -0.15) is 0 Å². The van der Waals surface area contributed by atoms with Gasteiger partial charge in [-0.25, -0.2) is 0 Å². The molecular weight excluding hydrogens is 142 g/mol. The van der Waals surface area contributed by atoms with Gasteiger partial charge in [0.1, 0.15) is 0 Å². The van der Waals surface area contributed by atoms with E-state index in [0.29, 0.717) is 0 Å². The smallest absolute Gasteiger partial charge is 0.316 e. The highest BCUT2D eigenvalue weighted by Crippen LogP contribution is 2.16. The Labute approximate surface area is 60.1 Å². The predicted octanol–water partition coefficient (Wildman–Crippen LogP) is -0.391. The summed E-state index contributed by atoms with van der Waals surface area (Å²) in [6.45, 7) is 3.41. The van der Waals surface area contributed by atoms with Crippen molar-refractivity contribution < 1.29 is 14.0 Å². The Morgan fingerprint density at radius 2 is 2.00 bits per heavy atom. The average molecular weight is 154 g/mol. The van der Waals surface area contributed by atoms with Crippen LogP contribution in [0.25, 0.3) is 0 Å². The van der Waals surface area contributed by atoms with Crippen LogP contribution in [0.4, 0.5) is 0 Å². The van der Waals surface area contributed by atoms with Gasteiger partial charge >= 0.3 is 8.25 Å². The summed E-state index contributed by atoms with van der Waals surface area (Å²) in [5, 5.41) is 0. The highest BCUT2D eigenvalue weighted by Gasteiger charge is 1.93. The van der Waals surface area contributed by atoms with Crippen LogP contribution < -0.4 is 0 Å². The molecule has 0 fully saturated rings. The van der Waals surface area contributed by atoms with Crippen molar-refractivity contribution in [2.75, 3.05) is 0 Å². The first kappa shape index (κ1) is 11.5. The molecule has 0 bridgehead atoms. The second-order valence-corrected chi connectivity index (χ2v) is 2.20. The monoisotopic (exact) mass is 154 g/mol. The minimum Gasteiger partial charge on any atom is -0.326 e. The minimum atomic E-state index is -2.68. The zero-order valence-corrected chi connectivity index (χ0v) is 5.34. The number of hydrogen-bond donors (Lipinski definition) is 1. The Hall–Kier alpha value is 0.682. The van der Waals surface area contributed by atoms with Crippen LogP contribution in [-0.2, 0) is 9.09 Å². The lowest BCUT2D eigenvalue weighted by Crippen LogP contribution is -1.92. The third-order valence-electron chi connectivity index (χ3n) is 0.337. The van der Waals surface area contributed by atoms with Crippen molar-refractivity contribution in [2.45, 2.75) is 20.0 Å². The van der Waals surface area contributed by atoms with E-state index in [1.54, 1.807) is 13.8 Å². The maximum atomic E-state index is 9.77. The summed E-state index contributed by atoms with van der Waals surface area (Å²) in [5.41, 5.74) is 0. The van der Waals surface area contributed by atoms with E-state index < -0.39 is 8.25 Å². The van der Waals surface area contributed by atoms with E-state index >= 15 is 0 Å². The molecule has 0 rings (SSSR count). The van der Waals surface area contributed by atoms with E-state index in [1.165, 1.54) is 0 Å². The van der Waals surface area contributed by atoms with Crippen molar-refractivity contribution in [1.29, 1.82) is 0 Å². The summed E-state index contributed by atoms with van der Waals surface area (Å²) in [6, 6.07) is 0. The molecule has 0 aliphatic carbocycles. The van der Waals surface area contributed by atoms with Crippen molar-refractivity contribution >= 4 is 25.6 Å². The summed E-state index contributed by atoms with van der Waals surface area (Å²) in [4.78, 5) is 8.05. The summed E-state index contributed by atoms with van der Waals surface area (Å²) in [7, 11) is -2.68. The van der Waals surface area contributed by atoms with Crippen LogP contribution in [-0.4, -0.2) is 28.4 Å². The van der Waals surface area contributed by atoms with Crippen LogP contribution in [0.1, 0.15) is 13.8 Å². The van der Waals surface area contributed by atoms with Gasteiger partial charge in [-0.05, 0) is 13.8 Å². The number of rotatable bonds is 2. The van der Waals surface area contributed by atoms with E-state index in [-0.39, 0.29) is 23.5 Å². The summed E-state index contributed by atoms with van der Waals surface area (Å²) < 4.78 is 14.1. The normalized spacial score (nSPS) is 13.0. The van der Waals surface area contributed by atoms with E-state index in [2.05, 4.69) is 4.52 Å². The van der Waals surface area contributed by atoms with Gasteiger partial charge in [0.25, 0.3) is 0 Å². The average Bonchev–Trinajstić information content (AvgIpc) is 1.27. The first-order valence-corrected chi connectivity index (χ1v) is 3.29. The van der Waals surface area contributed by atoms with Crippen LogP contribution in [0.3, 0.4) is 0 Å². The van der Waals surface area contributed by atoms with E-state index in [0.717, 1.165) is 0 Å². The molecule has 0 aromatic carbocycles. The van der Waals surface area contributed by atoms with Crippen molar-refractivity contribution in [3.8, 4) is 0 Å². The topological polar surface area (TPSA) is 46.5 Å². The van der Waals surface area contributed by atoms with Gasteiger partial charge in [0.2, 0.25) is 0 Å². The molecule has 0 radical (unpaired) electrons. The van der Waals surface area contributed by atoms with Crippen molar-refractivity contribution in [3.63, 3.8) is 0 Å². The molecule has 1 unspecified atom stereocenters. The summed E-state index contributed by atoms with van der Waals surface area (Å²) in [5.74, 6) is 0. The van der Waals surface area contributed by atoms with Gasteiger partial charge in [0.05, 0.1) is 6.10 Å². The second-order valence-electron chi connectivity index (χ2n) is 1.43. The number of hydrogen-bond acceptors (Lipinski definition) is 2. The Morgan fingerprint density at radius 3 is 2.00 bits per heavy atom. The van der Waals surface area contributed by atoms with Gasteiger partial charge in [-0.3, -0.25) is 4.57 Å². The Morgan fingerprint density at radius 1 is 1.62 bits per heavy atom. The van der Waals surface area contributed by atoms with E-state index in [1.807, 2.05) is 0 Å². The molecule has 0 spiro atoms. The molecule has 3 nitrogen and oxygen atoms in total. The van der Waals surface area contributed by atoms with Gasteiger partial charge in [0.15, 0.2) is 17.4 Å². The Bertz CT molecular complexity index is 74.9. The van der Waals surface area contributed by atoms with Gasteiger partial charge < -0.3 is 9.42 Å². The molecule has 0 saturated heterocycles. The van der Waals surface area contributed by atoms with Crippen molar-refractivity contribution in [3.05, 3.63) is 0 Å². The highest BCUT2D eigenvalue weighted by molar-refractivity contribution is 7.32. The SMILES string of the molecule is CC(C)O[PH](=O)O.[AlH3]. The van der Waals surface area contributed by atoms with Crippen LogP contribution >= 0.6 is 8.25 Å². The third-order valence-corrected chi connectivity index (χ3v) is 1.01. The lowest BCUT2D eigenvalue weighted by Gasteiger charge is -1.99. The first-order valence-electron chi connectivity index (χ1n) is 2.02. The maximum absolute atomic E-state index is 9.77. The van der Waals surface area contributed by atoms with Gasteiger partial charge in [0, 0.05) is 0 Å². The fourth-order valence-corrected chi connectivity index (χ4v) is 0.605. The molecule has 0 saturated carbocycles. The molecule has 1 N–H and O–H groups in total. The van der Waals surface area contributed by atoms with Crippen molar-refractivity contribution in [2.24, 2.45) is 0 Å². The largest absolute Gasteiger partial charge is 0.326 e. The molecule has 8 heavy (non-hydrogen) atoms. The fourth-order valence-electron chi connectivity index (χ4n) is 0.202. The fraction of sp³-hybridized carbons (Fsp3) is 1.00.